The van der Waals surface area contributed by atoms with Gasteiger partial charge in [0.25, 0.3) is 11.5 Å². The zero-order chi connectivity index (χ0) is 22.1. The van der Waals surface area contributed by atoms with E-state index in [0.29, 0.717) is 5.69 Å². The number of carbonyl (C=O) groups excluding carboxylic acids is 1. The van der Waals surface area contributed by atoms with E-state index >= 15 is 0 Å². The van der Waals surface area contributed by atoms with Gasteiger partial charge in [-0.15, -0.1) is 11.3 Å². The fraction of sp³-hybridized carbons (Fsp3) is 0.130. The smallest absolute Gasteiger partial charge is 0.261 e. The van der Waals surface area contributed by atoms with Crippen molar-refractivity contribution in [1.29, 1.82) is 0 Å². The zero-order valence-corrected chi connectivity index (χ0v) is 17.2. The minimum Gasteiger partial charge on any atom is -0.369 e. The molecule has 0 fully saturated rings. The Labute approximate surface area is 180 Å². The number of aliphatic hydroxyl groups excluding tert-OH is 1. The van der Waals surface area contributed by atoms with Gasteiger partial charge in [-0.05, 0) is 36.6 Å². The summed E-state index contributed by atoms with van der Waals surface area (Å²) in [5.74, 6) is -1.99. The minimum absolute atomic E-state index is 0.0705. The first-order chi connectivity index (χ1) is 14.9. The van der Waals surface area contributed by atoms with Gasteiger partial charge in [-0.3, -0.25) is 9.59 Å². The number of fused-ring (bicyclic) bond motifs is 1. The second kappa shape index (κ2) is 8.41. The highest BCUT2D eigenvalue weighted by Crippen LogP contribution is 2.24. The van der Waals surface area contributed by atoms with E-state index in [9.17, 15) is 23.5 Å². The molecular weight excluding hydrogens is 422 g/mol. The number of pyridine rings is 1. The van der Waals surface area contributed by atoms with Crippen LogP contribution >= 0.6 is 11.3 Å². The molecule has 0 bridgehead atoms. The number of benzene rings is 2. The molecule has 2 aromatic heterocycles. The molecule has 0 aliphatic carbocycles. The molecule has 2 aromatic carbocycles. The Morgan fingerprint density at radius 1 is 1.16 bits per heavy atom. The van der Waals surface area contributed by atoms with Crippen LogP contribution in [0.1, 0.15) is 32.7 Å². The van der Waals surface area contributed by atoms with Gasteiger partial charge in [-0.2, -0.15) is 0 Å². The molecule has 2 N–H and O–H groups in total. The number of hydrogen-bond donors (Lipinski definition) is 2. The highest BCUT2D eigenvalue weighted by atomic mass is 32.1. The summed E-state index contributed by atoms with van der Waals surface area (Å²) in [5.41, 5.74) is 0.0242. The van der Waals surface area contributed by atoms with Gasteiger partial charge in [0.2, 0.25) is 0 Å². The molecule has 8 heteroatoms. The van der Waals surface area contributed by atoms with Gasteiger partial charge in [0.15, 0.2) is 6.23 Å². The van der Waals surface area contributed by atoms with E-state index in [1.165, 1.54) is 46.2 Å². The fourth-order valence-corrected chi connectivity index (χ4v) is 4.25. The summed E-state index contributed by atoms with van der Waals surface area (Å²) in [5, 5.41) is 14.6. The third-order valence-electron chi connectivity index (χ3n) is 5.06. The molecule has 1 atom stereocenters. The first-order valence-corrected chi connectivity index (χ1v) is 10.3. The van der Waals surface area contributed by atoms with E-state index in [1.54, 1.807) is 6.92 Å². The van der Waals surface area contributed by atoms with Crippen molar-refractivity contribution in [3.05, 3.63) is 104 Å². The Morgan fingerprint density at radius 3 is 2.65 bits per heavy atom. The van der Waals surface area contributed by atoms with E-state index in [4.69, 9.17) is 0 Å². The fourth-order valence-electron chi connectivity index (χ4n) is 3.56. The largest absolute Gasteiger partial charge is 0.369 e. The first-order valence-electron chi connectivity index (χ1n) is 9.45. The average molecular weight is 440 g/mol. The summed E-state index contributed by atoms with van der Waals surface area (Å²) in [7, 11) is 0. The molecule has 1 amide bonds. The van der Waals surface area contributed by atoms with Crippen molar-refractivity contribution in [3.63, 3.8) is 0 Å². The van der Waals surface area contributed by atoms with Crippen molar-refractivity contribution < 1.29 is 18.7 Å². The van der Waals surface area contributed by atoms with Gasteiger partial charge in [0, 0.05) is 21.5 Å². The van der Waals surface area contributed by atoms with Gasteiger partial charge in [-0.1, -0.05) is 30.3 Å². The van der Waals surface area contributed by atoms with Crippen LogP contribution in [-0.2, 0) is 6.54 Å². The number of hydrogen-bond acceptors (Lipinski definition) is 4. The molecule has 0 aliphatic heterocycles. The summed E-state index contributed by atoms with van der Waals surface area (Å²) >= 11 is 1.44. The van der Waals surface area contributed by atoms with E-state index in [1.807, 2.05) is 17.5 Å². The van der Waals surface area contributed by atoms with Crippen molar-refractivity contribution in [2.75, 3.05) is 0 Å². The second-order valence-corrected chi connectivity index (χ2v) is 8.06. The van der Waals surface area contributed by atoms with E-state index < -0.39 is 29.3 Å². The number of carbonyl (C=O) groups is 1. The summed E-state index contributed by atoms with van der Waals surface area (Å²) in [6.45, 7) is 1.78. The quantitative estimate of drug-likeness (QED) is 0.459. The minimum atomic E-state index is -1.48. The molecule has 0 spiro atoms. The molecule has 4 rings (SSSR count). The number of nitrogens with zero attached hydrogens (tertiary/aromatic N) is 1. The van der Waals surface area contributed by atoms with Gasteiger partial charge < -0.3 is 15.0 Å². The molecule has 0 unspecified atom stereocenters. The molecule has 5 nitrogen and oxygen atoms in total. The molecular formula is C23H18F2N2O3S. The Kier molecular flexibility index (Phi) is 5.67. The second-order valence-electron chi connectivity index (χ2n) is 7.02. The van der Waals surface area contributed by atoms with E-state index in [-0.39, 0.29) is 28.4 Å². The molecule has 2 heterocycles. The van der Waals surface area contributed by atoms with Crippen LogP contribution in [0.3, 0.4) is 0 Å². The van der Waals surface area contributed by atoms with Gasteiger partial charge in [0.1, 0.15) is 11.6 Å². The lowest BCUT2D eigenvalue weighted by Gasteiger charge is -2.19. The predicted octanol–water partition coefficient (Wildman–Crippen LogP) is 4.12. The maximum Gasteiger partial charge on any atom is 0.261 e. The lowest BCUT2D eigenvalue weighted by Crippen LogP contribution is -2.33. The van der Waals surface area contributed by atoms with Crippen molar-refractivity contribution in [2.45, 2.75) is 19.7 Å². The number of aromatic nitrogens is 1. The molecule has 31 heavy (non-hydrogen) atoms. The summed E-state index contributed by atoms with van der Waals surface area (Å²) in [6, 6.07) is 13.0. The SMILES string of the molecule is Cc1c(C(=O)N[C@@H](O)c2cccc(F)c2)c2cccc(F)c2c(=O)n1Cc1cccs1. The highest BCUT2D eigenvalue weighted by Gasteiger charge is 2.23. The zero-order valence-electron chi connectivity index (χ0n) is 16.4. The molecule has 158 valence electrons. The topological polar surface area (TPSA) is 71.3 Å². The van der Waals surface area contributed by atoms with Crippen LogP contribution in [0.15, 0.2) is 64.8 Å². The third kappa shape index (κ3) is 3.99. The van der Waals surface area contributed by atoms with Crippen LogP contribution in [0.4, 0.5) is 8.78 Å². The van der Waals surface area contributed by atoms with Crippen molar-refractivity contribution in [1.82, 2.24) is 9.88 Å². The van der Waals surface area contributed by atoms with Crippen LogP contribution in [-0.4, -0.2) is 15.6 Å². The lowest BCUT2D eigenvalue weighted by atomic mass is 10.0. The van der Waals surface area contributed by atoms with Crippen molar-refractivity contribution in [3.8, 4) is 0 Å². The summed E-state index contributed by atoms with van der Waals surface area (Å²) in [6.07, 6.45) is -1.48. The standard InChI is InChI=1S/C23H18F2N2O3S/c1-13-19(22(29)26-21(28)14-5-2-6-15(24)11-14)17-8-3-9-18(25)20(17)23(30)27(13)12-16-7-4-10-31-16/h2-11,21,28H,12H2,1H3,(H,26,29)/t21-/m0/s1. The van der Waals surface area contributed by atoms with Crippen LogP contribution in [0.2, 0.25) is 0 Å². The maximum absolute atomic E-state index is 14.6. The maximum atomic E-state index is 14.6. The van der Waals surface area contributed by atoms with Crippen molar-refractivity contribution >= 4 is 28.0 Å². The van der Waals surface area contributed by atoms with Gasteiger partial charge in [-0.25, -0.2) is 8.78 Å². The average Bonchev–Trinajstić information content (AvgIpc) is 3.24. The predicted molar refractivity (Wildman–Crippen MR) is 115 cm³/mol. The number of halogens is 2. The van der Waals surface area contributed by atoms with Crippen LogP contribution in [0, 0.1) is 18.6 Å². The van der Waals surface area contributed by atoms with E-state index in [0.717, 1.165) is 17.0 Å². The summed E-state index contributed by atoms with van der Waals surface area (Å²) < 4.78 is 29.4. The number of rotatable bonds is 5. The van der Waals surface area contributed by atoms with Crippen LogP contribution in [0.25, 0.3) is 10.8 Å². The first kappa shape index (κ1) is 20.9. The molecule has 4 aromatic rings. The molecule has 0 saturated heterocycles. The number of aliphatic hydroxyl groups is 1. The molecule has 0 aliphatic rings. The number of nitrogens with one attached hydrogen (secondary N) is 1. The number of amides is 1. The molecule has 0 saturated carbocycles. The van der Waals surface area contributed by atoms with Crippen LogP contribution < -0.4 is 10.9 Å². The Hall–Kier alpha value is -3.36. The van der Waals surface area contributed by atoms with Gasteiger partial charge >= 0.3 is 0 Å². The van der Waals surface area contributed by atoms with Crippen molar-refractivity contribution in [2.24, 2.45) is 0 Å². The monoisotopic (exact) mass is 440 g/mol. The number of thiophene rings is 1. The third-order valence-corrected chi connectivity index (χ3v) is 5.92. The lowest BCUT2D eigenvalue weighted by molar-refractivity contribution is 0.0783. The van der Waals surface area contributed by atoms with E-state index in [2.05, 4.69) is 5.32 Å². The Bertz CT molecular complexity index is 1330. The molecule has 0 radical (unpaired) electrons. The summed E-state index contributed by atoms with van der Waals surface area (Å²) in [4.78, 5) is 27.1. The Morgan fingerprint density at radius 2 is 1.94 bits per heavy atom. The van der Waals surface area contributed by atoms with Gasteiger partial charge in [0.05, 0.1) is 17.5 Å². The van der Waals surface area contributed by atoms with Crippen LogP contribution in [0.5, 0.6) is 0 Å². The normalized spacial score (nSPS) is 12.1. The Balaban J connectivity index is 1.83. The highest BCUT2D eigenvalue weighted by molar-refractivity contribution is 7.09.